The van der Waals surface area contributed by atoms with Gasteiger partial charge in [0.05, 0.1) is 0 Å². The molecule has 0 amide bonds. The fourth-order valence-corrected chi connectivity index (χ4v) is 4.87. The largest absolute Gasteiger partial charge is 0.185 e. The number of imidazole rings is 1. The Hall–Kier alpha value is 0.138. The van der Waals surface area contributed by atoms with E-state index >= 15 is 0 Å². The molecule has 1 aromatic carbocycles. The van der Waals surface area contributed by atoms with Gasteiger partial charge in [0.2, 0.25) is 0 Å². The first kappa shape index (κ1) is 24.4. The minimum absolute atomic E-state index is 0.758. The van der Waals surface area contributed by atoms with E-state index in [4.69, 9.17) is 9.47 Å². The van der Waals surface area contributed by atoms with E-state index in [1.54, 1.807) is 14.2 Å². The fraction of sp³-hybridized carbons (Fsp3) is 0.550. The zero-order chi connectivity index (χ0) is 20.5. The van der Waals surface area contributed by atoms with Crippen molar-refractivity contribution in [1.29, 1.82) is 0 Å². The van der Waals surface area contributed by atoms with Crippen molar-refractivity contribution in [1.82, 2.24) is 10.5 Å². The summed E-state index contributed by atoms with van der Waals surface area (Å²) in [6.07, 6.45) is 12.7. The summed E-state index contributed by atoms with van der Waals surface area (Å²) in [5.41, 5.74) is 1.18. The average molecular weight is 792 g/mol. The van der Waals surface area contributed by atoms with Crippen molar-refractivity contribution in [2.24, 2.45) is 7.05 Å². The van der Waals surface area contributed by atoms with Crippen LogP contribution in [0.25, 0.3) is 0 Å². The van der Waals surface area contributed by atoms with Crippen LogP contribution in [0.4, 0.5) is 0 Å². The molecule has 1 saturated carbocycles. The molecule has 1 aliphatic carbocycles. The van der Waals surface area contributed by atoms with Gasteiger partial charge in [0.25, 0.3) is 0 Å². The number of nitrogens with zero attached hydrogens (tertiary/aromatic N) is 3. The van der Waals surface area contributed by atoms with Gasteiger partial charge in [-0.15, -0.1) is 0 Å². The van der Waals surface area contributed by atoms with E-state index in [0.29, 0.717) is 0 Å². The van der Waals surface area contributed by atoms with Crippen LogP contribution in [-0.4, -0.2) is 30.7 Å². The standard InChI is InChI=1S/C13H16N2O2.C7H13I2N.Pt/c1-14-6-7-15(10-14)9-11-4-5-12(16-2)13(8-11)17-3;8-10(9)7-5-3-1-2-4-6-7;/h4-8H,9H2,1-3H3;7H,1-6H2;. The maximum absolute atomic E-state index is 5.31. The van der Waals surface area contributed by atoms with E-state index in [1.165, 1.54) is 47.9 Å². The second-order valence-corrected chi connectivity index (χ2v) is 11.8. The molecule has 1 heterocycles. The molecule has 0 spiro atoms. The molecule has 8 heteroatoms. The SMILES string of the molecule is COc1ccc(Cn2ccn(C)[c]2=[Pt])cc1OC.IN(I)C1CCCCCC1. The first-order valence-electron chi connectivity index (χ1n) is 9.45. The second-order valence-electron chi connectivity index (χ2n) is 6.87. The minimum atomic E-state index is 0.758. The Labute approximate surface area is 207 Å². The first-order valence-corrected chi connectivity index (χ1v) is 12.5. The molecule has 0 unspecified atom stereocenters. The Kier molecular flexibility index (Phi) is 11.1. The van der Waals surface area contributed by atoms with E-state index in [2.05, 4.69) is 87.8 Å². The summed E-state index contributed by atoms with van der Waals surface area (Å²) in [6.45, 7) is 0.819. The summed E-state index contributed by atoms with van der Waals surface area (Å²) in [6, 6.07) is 6.85. The van der Waals surface area contributed by atoms with Gasteiger partial charge in [0, 0.05) is 51.8 Å². The summed E-state index contributed by atoms with van der Waals surface area (Å²) in [5.74, 6) is 1.52. The van der Waals surface area contributed by atoms with Gasteiger partial charge in [0.1, 0.15) is 0 Å². The maximum atomic E-state index is 5.31. The van der Waals surface area contributed by atoms with Crippen LogP contribution < -0.4 is 9.47 Å². The molecule has 3 rings (SSSR count). The average Bonchev–Trinajstić information content (AvgIpc) is 2.91. The van der Waals surface area contributed by atoms with Crippen LogP contribution >= 0.6 is 45.7 Å². The number of rotatable bonds is 5. The monoisotopic (exact) mass is 792 g/mol. The van der Waals surface area contributed by atoms with Crippen LogP contribution in [0.15, 0.2) is 30.6 Å². The number of benzene rings is 1. The van der Waals surface area contributed by atoms with Gasteiger partial charge in [-0.05, 0) is 12.8 Å². The summed E-state index contributed by atoms with van der Waals surface area (Å²) >= 11 is 7.11. The first-order chi connectivity index (χ1) is 13.5. The molecule has 0 N–H and O–H groups in total. The van der Waals surface area contributed by atoms with Gasteiger partial charge in [-0.3, -0.25) is 0 Å². The van der Waals surface area contributed by atoms with Crippen molar-refractivity contribution < 1.29 is 28.8 Å². The molecular formula is C20H29I2N3O2Pt. The van der Waals surface area contributed by atoms with Crippen molar-refractivity contribution in [3.63, 3.8) is 0 Å². The van der Waals surface area contributed by atoms with Gasteiger partial charge in [-0.1, -0.05) is 25.7 Å². The van der Waals surface area contributed by atoms with Crippen LogP contribution in [0.1, 0.15) is 44.1 Å². The molecule has 28 heavy (non-hydrogen) atoms. The summed E-state index contributed by atoms with van der Waals surface area (Å²) in [4.78, 5) is 0. The van der Waals surface area contributed by atoms with Crippen LogP contribution in [-0.2, 0) is 32.9 Å². The molecule has 1 fully saturated rings. The third-order valence-corrected chi connectivity index (χ3v) is 7.89. The van der Waals surface area contributed by atoms with E-state index in [1.807, 2.05) is 25.4 Å². The second kappa shape index (κ2) is 12.7. The van der Waals surface area contributed by atoms with Crippen LogP contribution in [0.3, 0.4) is 0 Å². The van der Waals surface area contributed by atoms with Gasteiger partial charge in [0.15, 0.2) is 0 Å². The van der Waals surface area contributed by atoms with Gasteiger partial charge in [-0.2, -0.15) is 1.33 Å². The van der Waals surface area contributed by atoms with E-state index in [-0.39, 0.29) is 0 Å². The van der Waals surface area contributed by atoms with Crippen LogP contribution in [0.2, 0.25) is 0 Å². The number of hydrogen-bond acceptors (Lipinski definition) is 3. The van der Waals surface area contributed by atoms with Crippen molar-refractivity contribution in [3.05, 3.63) is 40.0 Å². The van der Waals surface area contributed by atoms with E-state index in [0.717, 1.165) is 24.1 Å². The van der Waals surface area contributed by atoms with Crippen LogP contribution in [0.5, 0.6) is 11.5 Å². The zero-order valence-electron chi connectivity index (χ0n) is 16.6. The fourth-order valence-electron chi connectivity index (χ4n) is 3.24. The van der Waals surface area contributed by atoms with Crippen molar-refractivity contribution in [2.45, 2.75) is 51.1 Å². The Bertz CT molecular complexity index is 784. The predicted molar refractivity (Wildman–Crippen MR) is 127 cm³/mol. The predicted octanol–water partition coefficient (Wildman–Crippen LogP) is 5.68. The number of hydrogen-bond donors (Lipinski definition) is 0. The topological polar surface area (TPSA) is 31.6 Å². The molecule has 1 aromatic heterocycles. The number of halogens is 2. The Morgan fingerprint density at radius 1 is 1.04 bits per heavy atom. The zero-order valence-corrected chi connectivity index (χ0v) is 23.2. The van der Waals surface area contributed by atoms with Crippen molar-refractivity contribution >= 4 is 45.7 Å². The van der Waals surface area contributed by atoms with Crippen LogP contribution in [0, 0.1) is 3.80 Å². The van der Waals surface area contributed by atoms with Gasteiger partial charge in [-0.25, -0.2) is 0 Å². The van der Waals surface area contributed by atoms with E-state index < -0.39 is 0 Å². The molecule has 0 bridgehead atoms. The molecule has 160 valence electrons. The number of aryl methyl sites for hydroxylation is 1. The summed E-state index contributed by atoms with van der Waals surface area (Å²) in [7, 11) is 5.33. The maximum Gasteiger partial charge on any atom is 0.0311 e. The molecule has 0 saturated heterocycles. The Morgan fingerprint density at radius 3 is 2.18 bits per heavy atom. The molecule has 2 aromatic rings. The molecule has 1 aliphatic rings. The number of ether oxygens (including phenoxy) is 2. The third-order valence-electron chi connectivity index (χ3n) is 4.86. The van der Waals surface area contributed by atoms with Crippen molar-refractivity contribution in [3.8, 4) is 11.5 Å². The molecule has 5 nitrogen and oxygen atoms in total. The Morgan fingerprint density at radius 2 is 1.68 bits per heavy atom. The van der Waals surface area contributed by atoms with Gasteiger partial charge >= 0.3 is 117 Å². The summed E-state index contributed by atoms with van der Waals surface area (Å²) < 4.78 is 18.3. The Balaban J connectivity index is 0.000000237. The number of aromatic nitrogens is 2. The van der Waals surface area contributed by atoms with Crippen molar-refractivity contribution in [2.75, 3.05) is 14.2 Å². The minimum Gasteiger partial charge on any atom is -0.185 e. The molecular weight excluding hydrogens is 763 g/mol. The van der Waals surface area contributed by atoms with E-state index in [9.17, 15) is 0 Å². The normalized spacial score (nSPS) is 15.0. The molecule has 0 atom stereocenters. The smallest absolute Gasteiger partial charge is 0.0311 e. The molecule has 0 aliphatic heterocycles. The molecule has 0 radical (unpaired) electrons. The number of methoxy groups -OCH3 is 2. The third kappa shape index (κ3) is 7.43. The summed E-state index contributed by atoms with van der Waals surface area (Å²) in [5, 5.41) is 0. The van der Waals surface area contributed by atoms with Gasteiger partial charge < -0.3 is 0 Å². The quantitative estimate of drug-likeness (QED) is 0.222.